The minimum atomic E-state index is -0.239. The Kier molecular flexibility index (Phi) is 3.64. The second-order valence-corrected chi connectivity index (χ2v) is 5.18. The van der Waals surface area contributed by atoms with E-state index in [4.69, 9.17) is 23.2 Å². The first-order chi connectivity index (χ1) is 9.69. The van der Waals surface area contributed by atoms with Gasteiger partial charge in [-0.1, -0.05) is 29.8 Å². The fraction of sp³-hybridized carbons (Fsp3) is 0.133. The molecule has 0 aliphatic rings. The molecule has 20 heavy (non-hydrogen) atoms. The molecule has 3 rings (SSSR count). The summed E-state index contributed by atoms with van der Waals surface area (Å²) in [6.07, 6.45) is 0. The van der Waals surface area contributed by atoms with Crippen LogP contribution in [0.3, 0.4) is 0 Å². The van der Waals surface area contributed by atoms with Crippen molar-refractivity contribution in [3.8, 4) is 0 Å². The van der Waals surface area contributed by atoms with Crippen LogP contribution in [0, 0.1) is 5.82 Å². The highest BCUT2D eigenvalue weighted by molar-refractivity contribution is 6.31. The lowest BCUT2D eigenvalue weighted by Gasteiger charge is -2.09. The van der Waals surface area contributed by atoms with Gasteiger partial charge in [0.15, 0.2) is 0 Å². The Hall–Kier alpha value is -1.58. The van der Waals surface area contributed by atoms with Crippen LogP contribution in [0.15, 0.2) is 42.5 Å². The Labute approximate surface area is 125 Å². The molecule has 102 valence electrons. The molecule has 0 fully saturated rings. The second kappa shape index (κ2) is 5.43. The molecule has 0 saturated carbocycles. The van der Waals surface area contributed by atoms with Crippen molar-refractivity contribution in [1.82, 2.24) is 9.55 Å². The lowest BCUT2D eigenvalue weighted by molar-refractivity contribution is 0.599. The standard InChI is InChI=1S/C15H11Cl2FN2/c16-8-15-19-13-6-5-11(17)7-14(13)20(15)9-10-3-1-2-4-12(10)18/h1-7H,8-9H2. The van der Waals surface area contributed by atoms with Gasteiger partial charge in [0, 0.05) is 10.6 Å². The third-order valence-electron chi connectivity index (χ3n) is 3.20. The minimum Gasteiger partial charge on any atom is -0.322 e. The molecule has 2 aromatic carbocycles. The highest BCUT2D eigenvalue weighted by atomic mass is 35.5. The first-order valence-electron chi connectivity index (χ1n) is 6.13. The summed E-state index contributed by atoms with van der Waals surface area (Å²) in [6.45, 7) is 0.381. The number of benzene rings is 2. The average Bonchev–Trinajstić information content (AvgIpc) is 2.79. The largest absolute Gasteiger partial charge is 0.322 e. The van der Waals surface area contributed by atoms with Gasteiger partial charge in [0.05, 0.1) is 23.5 Å². The van der Waals surface area contributed by atoms with E-state index in [1.165, 1.54) is 6.07 Å². The maximum Gasteiger partial charge on any atom is 0.128 e. The number of halogens is 3. The van der Waals surface area contributed by atoms with Crippen LogP contribution in [0.2, 0.25) is 5.02 Å². The summed E-state index contributed by atoms with van der Waals surface area (Å²) in [6, 6.07) is 12.1. The van der Waals surface area contributed by atoms with Gasteiger partial charge < -0.3 is 4.57 Å². The van der Waals surface area contributed by atoms with Crippen molar-refractivity contribution in [3.63, 3.8) is 0 Å². The van der Waals surface area contributed by atoms with E-state index in [0.29, 0.717) is 23.0 Å². The van der Waals surface area contributed by atoms with E-state index in [-0.39, 0.29) is 11.7 Å². The zero-order valence-electron chi connectivity index (χ0n) is 10.5. The Morgan fingerprint density at radius 1 is 1.15 bits per heavy atom. The van der Waals surface area contributed by atoms with Gasteiger partial charge in [-0.2, -0.15) is 0 Å². The van der Waals surface area contributed by atoms with Crippen LogP contribution in [0.25, 0.3) is 11.0 Å². The highest BCUT2D eigenvalue weighted by Crippen LogP contribution is 2.23. The number of fused-ring (bicyclic) bond motifs is 1. The Bertz CT molecular complexity index is 768. The molecule has 1 heterocycles. The molecule has 0 aliphatic heterocycles. The van der Waals surface area contributed by atoms with Crippen molar-refractivity contribution in [2.75, 3.05) is 0 Å². The van der Waals surface area contributed by atoms with Gasteiger partial charge in [0.25, 0.3) is 0 Å². The molecule has 0 bridgehead atoms. The van der Waals surface area contributed by atoms with Gasteiger partial charge in [-0.25, -0.2) is 9.37 Å². The molecule has 3 aromatic rings. The van der Waals surface area contributed by atoms with Crippen LogP contribution in [-0.2, 0) is 12.4 Å². The van der Waals surface area contributed by atoms with E-state index >= 15 is 0 Å². The zero-order chi connectivity index (χ0) is 14.1. The maximum atomic E-state index is 13.8. The van der Waals surface area contributed by atoms with Crippen molar-refractivity contribution in [1.29, 1.82) is 0 Å². The molecular weight excluding hydrogens is 298 g/mol. The van der Waals surface area contributed by atoms with Gasteiger partial charge >= 0.3 is 0 Å². The Balaban J connectivity index is 2.14. The third-order valence-corrected chi connectivity index (χ3v) is 3.67. The molecular formula is C15H11Cl2FN2. The first-order valence-corrected chi connectivity index (χ1v) is 7.04. The number of hydrogen-bond donors (Lipinski definition) is 0. The molecule has 0 N–H and O–H groups in total. The van der Waals surface area contributed by atoms with Gasteiger partial charge in [-0.15, -0.1) is 11.6 Å². The van der Waals surface area contributed by atoms with Gasteiger partial charge in [-0.05, 0) is 24.3 Å². The van der Waals surface area contributed by atoms with Crippen LogP contribution in [0.1, 0.15) is 11.4 Å². The molecule has 2 nitrogen and oxygen atoms in total. The molecule has 0 saturated heterocycles. The number of imidazole rings is 1. The number of alkyl halides is 1. The summed E-state index contributed by atoms with van der Waals surface area (Å²) in [4.78, 5) is 4.45. The minimum absolute atomic E-state index is 0.239. The molecule has 5 heteroatoms. The second-order valence-electron chi connectivity index (χ2n) is 4.47. The third kappa shape index (κ3) is 2.39. The van der Waals surface area contributed by atoms with Crippen LogP contribution in [0.5, 0.6) is 0 Å². The van der Waals surface area contributed by atoms with E-state index in [1.807, 2.05) is 22.8 Å². The lowest BCUT2D eigenvalue weighted by Crippen LogP contribution is -2.05. The van der Waals surface area contributed by atoms with Crippen LogP contribution >= 0.6 is 23.2 Å². The topological polar surface area (TPSA) is 17.8 Å². The monoisotopic (exact) mass is 308 g/mol. The fourth-order valence-electron chi connectivity index (χ4n) is 2.22. The van der Waals surface area contributed by atoms with Crippen LogP contribution in [0.4, 0.5) is 4.39 Å². The molecule has 1 aromatic heterocycles. The van der Waals surface area contributed by atoms with Crippen LogP contribution in [-0.4, -0.2) is 9.55 Å². The number of nitrogens with zero attached hydrogens (tertiary/aromatic N) is 2. The summed E-state index contributed by atoms with van der Waals surface area (Å²) >= 11 is 12.0. The number of aromatic nitrogens is 2. The quantitative estimate of drug-likeness (QED) is 0.646. The summed E-state index contributed by atoms with van der Waals surface area (Å²) < 4.78 is 15.7. The summed E-state index contributed by atoms with van der Waals surface area (Å²) in [5.74, 6) is 0.727. The van der Waals surface area contributed by atoms with Crippen molar-refractivity contribution >= 4 is 34.2 Å². The summed E-state index contributed by atoms with van der Waals surface area (Å²) in [5, 5.41) is 0.619. The van der Waals surface area contributed by atoms with Crippen molar-refractivity contribution in [2.45, 2.75) is 12.4 Å². The summed E-state index contributed by atoms with van der Waals surface area (Å²) in [7, 11) is 0. The number of rotatable bonds is 3. The normalized spacial score (nSPS) is 11.2. The van der Waals surface area contributed by atoms with Gasteiger partial charge in [0.1, 0.15) is 11.6 Å². The first kappa shape index (κ1) is 13.4. The SMILES string of the molecule is Fc1ccccc1Cn1c(CCl)nc2ccc(Cl)cc21. The maximum absolute atomic E-state index is 13.8. The van der Waals surface area contributed by atoms with E-state index < -0.39 is 0 Å². The van der Waals surface area contributed by atoms with E-state index in [1.54, 1.807) is 18.2 Å². The van der Waals surface area contributed by atoms with Crippen molar-refractivity contribution in [2.24, 2.45) is 0 Å². The number of hydrogen-bond acceptors (Lipinski definition) is 1. The Morgan fingerprint density at radius 3 is 2.70 bits per heavy atom. The molecule has 0 spiro atoms. The molecule has 0 atom stereocenters. The van der Waals surface area contributed by atoms with Crippen molar-refractivity contribution < 1.29 is 4.39 Å². The zero-order valence-corrected chi connectivity index (χ0v) is 12.0. The van der Waals surface area contributed by atoms with E-state index in [0.717, 1.165) is 11.0 Å². The van der Waals surface area contributed by atoms with Crippen molar-refractivity contribution in [3.05, 3.63) is 64.7 Å². The predicted molar refractivity (Wildman–Crippen MR) is 79.8 cm³/mol. The lowest BCUT2D eigenvalue weighted by atomic mass is 10.2. The van der Waals surface area contributed by atoms with E-state index in [2.05, 4.69) is 4.98 Å². The fourth-order valence-corrected chi connectivity index (χ4v) is 2.59. The van der Waals surface area contributed by atoms with Crippen LogP contribution < -0.4 is 0 Å². The molecule has 0 unspecified atom stereocenters. The highest BCUT2D eigenvalue weighted by Gasteiger charge is 2.12. The predicted octanol–water partition coefficient (Wildman–Crippen LogP) is 4.62. The molecule has 0 aliphatic carbocycles. The molecule has 0 radical (unpaired) electrons. The van der Waals surface area contributed by atoms with Gasteiger partial charge in [-0.3, -0.25) is 0 Å². The smallest absolute Gasteiger partial charge is 0.128 e. The van der Waals surface area contributed by atoms with E-state index in [9.17, 15) is 4.39 Å². The molecule has 0 amide bonds. The van der Waals surface area contributed by atoms with Gasteiger partial charge in [0.2, 0.25) is 0 Å². The summed E-state index contributed by atoms with van der Waals surface area (Å²) in [5.41, 5.74) is 2.26. The average molecular weight is 309 g/mol. The Morgan fingerprint density at radius 2 is 1.95 bits per heavy atom.